The number of rotatable bonds is 2. The van der Waals surface area contributed by atoms with E-state index in [0.29, 0.717) is 10.7 Å². The maximum absolute atomic E-state index is 11.8. The van der Waals surface area contributed by atoms with Crippen LogP contribution >= 0.6 is 34.8 Å². The lowest BCUT2D eigenvalue weighted by Gasteiger charge is -2.09. The molecule has 2 rings (SSSR count). The van der Waals surface area contributed by atoms with Crippen molar-refractivity contribution in [3.63, 3.8) is 0 Å². The van der Waals surface area contributed by atoms with Crippen molar-refractivity contribution >= 4 is 63.7 Å². The zero-order valence-corrected chi connectivity index (χ0v) is 13.3. The number of amides is 2. The van der Waals surface area contributed by atoms with Crippen LogP contribution in [0.15, 0.2) is 36.4 Å². The standard InChI is InChI=1S/C14H10Cl3N3O2/c15-7-1-3-11(9(16)5-7)19-13(21)14(22)20-12-4-2-8(18)6-10(12)17/h1-6H,18H2,(H,19,21)(H,20,22). The molecule has 0 aliphatic carbocycles. The molecule has 2 amide bonds. The second kappa shape index (κ2) is 6.87. The average Bonchev–Trinajstić information content (AvgIpc) is 2.44. The largest absolute Gasteiger partial charge is 0.399 e. The fourth-order valence-corrected chi connectivity index (χ4v) is 2.27. The van der Waals surface area contributed by atoms with Gasteiger partial charge < -0.3 is 16.4 Å². The van der Waals surface area contributed by atoms with Crippen LogP contribution in [0, 0.1) is 0 Å². The lowest BCUT2D eigenvalue weighted by molar-refractivity contribution is -0.132. The molecule has 22 heavy (non-hydrogen) atoms. The summed E-state index contributed by atoms with van der Waals surface area (Å²) in [6, 6.07) is 9.00. The summed E-state index contributed by atoms with van der Waals surface area (Å²) in [4.78, 5) is 23.7. The van der Waals surface area contributed by atoms with Crippen LogP contribution in [-0.4, -0.2) is 11.8 Å². The molecule has 0 aliphatic rings. The van der Waals surface area contributed by atoms with Crippen molar-refractivity contribution in [3.8, 4) is 0 Å². The molecule has 2 aromatic carbocycles. The summed E-state index contributed by atoms with van der Waals surface area (Å²) < 4.78 is 0. The van der Waals surface area contributed by atoms with Crippen LogP contribution in [0.4, 0.5) is 17.1 Å². The van der Waals surface area contributed by atoms with Gasteiger partial charge in [0.15, 0.2) is 0 Å². The quantitative estimate of drug-likeness (QED) is 0.564. The Bertz CT molecular complexity index is 687. The van der Waals surface area contributed by atoms with Crippen molar-refractivity contribution in [1.82, 2.24) is 0 Å². The van der Waals surface area contributed by atoms with E-state index >= 15 is 0 Å². The topological polar surface area (TPSA) is 84.2 Å². The van der Waals surface area contributed by atoms with Gasteiger partial charge in [-0.2, -0.15) is 0 Å². The second-order valence-corrected chi connectivity index (χ2v) is 5.52. The number of halogens is 3. The Kier molecular flexibility index (Phi) is 5.13. The number of nitrogens with one attached hydrogen (secondary N) is 2. The molecular weight excluding hydrogens is 349 g/mol. The summed E-state index contributed by atoms with van der Waals surface area (Å²) >= 11 is 17.6. The molecule has 114 valence electrons. The second-order valence-electron chi connectivity index (χ2n) is 4.27. The number of benzene rings is 2. The molecule has 0 bridgehead atoms. The molecule has 2 aromatic rings. The van der Waals surface area contributed by atoms with Gasteiger partial charge >= 0.3 is 11.8 Å². The van der Waals surface area contributed by atoms with E-state index in [1.54, 1.807) is 6.07 Å². The van der Waals surface area contributed by atoms with Crippen LogP contribution in [0.1, 0.15) is 0 Å². The maximum Gasteiger partial charge on any atom is 0.314 e. The van der Waals surface area contributed by atoms with Crippen molar-refractivity contribution in [2.75, 3.05) is 16.4 Å². The molecule has 0 atom stereocenters. The third-order valence-electron chi connectivity index (χ3n) is 2.63. The summed E-state index contributed by atoms with van der Waals surface area (Å²) in [5.74, 6) is -1.78. The minimum atomic E-state index is -0.892. The van der Waals surface area contributed by atoms with Crippen molar-refractivity contribution in [3.05, 3.63) is 51.5 Å². The number of nitrogens with two attached hydrogens (primary N) is 1. The smallest absolute Gasteiger partial charge is 0.314 e. The predicted molar refractivity (Wildman–Crippen MR) is 89.6 cm³/mol. The molecule has 0 heterocycles. The first-order chi connectivity index (χ1) is 10.4. The molecule has 0 unspecified atom stereocenters. The van der Waals surface area contributed by atoms with E-state index in [0.717, 1.165) is 0 Å². The summed E-state index contributed by atoms with van der Waals surface area (Å²) in [5.41, 5.74) is 6.54. The first-order valence-electron chi connectivity index (χ1n) is 5.99. The van der Waals surface area contributed by atoms with E-state index in [4.69, 9.17) is 40.5 Å². The van der Waals surface area contributed by atoms with Crippen LogP contribution < -0.4 is 16.4 Å². The van der Waals surface area contributed by atoms with E-state index < -0.39 is 11.8 Å². The highest BCUT2D eigenvalue weighted by molar-refractivity contribution is 6.46. The van der Waals surface area contributed by atoms with Crippen LogP contribution in [0.5, 0.6) is 0 Å². The monoisotopic (exact) mass is 357 g/mol. The molecule has 0 saturated heterocycles. The number of nitrogen functional groups attached to an aromatic ring is 1. The van der Waals surface area contributed by atoms with Crippen LogP contribution in [0.25, 0.3) is 0 Å². The minimum absolute atomic E-state index is 0.221. The Hall–Kier alpha value is -1.95. The van der Waals surface area contributed by atoms with Crippen molar-refractivity contribution < 1.29 is 9.59 Å². The first-order valence-corrected chi connectivity index (χ1v) is 7.12. The van der Waals surface area contributed by atoms with E-state index in [9.17, 15) is 9.59 Å². The van der Waals surface area contributed by atoms with Gasteiger partial charge in [0, 0.05) is 10.7 Å². The Morgan fingerprint density at radius 2 is 1.32 bits per heavy atom. The third kappa shape index (κ3) is 4.04. The predicted octanol–water partition coefficient (Wildman–Crippen LogP) is 3.81. The van der Waals surface area contributed by atoms with E-state index in [2.05, 4.69) is 10.6 Å². The number of hydrogen-bond acceptors (Lipinski definition) is 3. The molecular formula is C14H10Cl3N3O2. The molecule has 0 radical (unpaired) electrons. The highest BCUT2D eigenvalue weighted by Crippen LogP contribution is 2.26. The van der Waals surface area contributed by atoms with Gasteiger partial charge in [-0.25, -0.2) is 0 Å². The Morgan fingerprint density at radius 1 is 0.818 bits per heavy atom. The maximum atomic E-state index is 11.8. The fourth-order valence-electron chi connectivity index (χ4n) is 1.58. The zero-order valence-electron chi connectivity index (χ0n) is 11.0. The minimum Gasteiger partial charge on any atom is -0.399 e. The van der Waals surface area contributed by atoms with Gasteiger partial charge in [-0.15, -0.1) is 0 Å². The molecule has 0 spiro atoms. The van der Waals surface area contributed by atoms with Crippen molar-refractivity contribution in [2.24, 2.45) is 0 Å². The highest BCUT2D eigenvalue weighted by atomic mass is 35.5. The SMILES string of the molecule is Nc1ccc(NC(=O)C(=O)Nc2ccc(Cl)cc2Cl)c(Cl)c1. The molecule has 4 N–H and O–H groups in total. The van der Waals surface area contributed by atoms with E-state index in [-0.39, 0.29) is 21.4 Å². The van der Waals surface area contributed by atoms with Gasteiger partial charge in [-0.1, -0.05) is 34.8 Å². The number of carbonyl (C=O) groups is 2. The molecule has 0 aromatic heterocycles. The van der Waals surface area contributed by atoms with Gasteiger partial charge in [0.1, 0.15) is 0 Å². The summed E-state index contributed by atoms with van der Waals surface area (Å²) in [5, 5.41) is 5.63. The van der Waals surface area contributed by atoms with Crippen molar-refractivity contribution in [1.29, 1.82) is 0 Å². The first kappa shape index (κ1) is 16.4. The molecule has 0 saturated carbocycles. The van der Waals surface area contributed by atoms with Crippen LogP contribution in [-0.2, 0) is 9.59 Å². The Labute approximate surface area is 141 Å². The van der Waals surface area contributed by atoms with E-state index in [1.807, 2.05) is 0 Å². The molecule has 0 fully saturated rings. The Morgan fingerprint density at radius 3 is 1.82 bits per heavy atom. The lowest BCUT2D eigenvalue weighted by Crippen LogP contribution is -2.29. The van der Waals surface area contributed by atoms with Crippen LogP contribution in [0.3, 0.4) is 0 Å². The van der Waals surface area contributed by atoms with Crippen molar-refractivity contribution in [2.45, 2.75) is 0 Å². The van der Waals surface area contributed by atoms with Gasteiger partial charge in [-0.3, -0.25) is 9.59 Å². The molecule has 0 aliphatic heterocycles. The summed E-state index contributed by atoms with van der Waals surface area (Å²) in [7, 11) is 0. The highest BCUT2D eigenvalue weighted by Gasteiger charge is 2.16. The normalized spacial score (nSPS) is 10.1. The van der Waals surface area contributed by atoms with Crippen LogP contribution in [0.2, 0.25) is 15.1 Å². The van der Waals surface area contributed by atoms with Gasteiger partial charge in [-0.05, 0) is 36.4 Å². The molecule has 5 nitrogen and oxygen atoms in total. The Balaban J connectivity index is 2.07. The average molecular weight is 359 g/mol. The van der Waals surface area contributed by atoms with Gasteiger partial charge in [0.25, 0.3) is 0 Å². The summed E-state index contributed by atoms with van der Waals surface area (Å²) in [6.07, 6.45) is 0. The molecule has 8 heteroatoms. The summed E-state index contributed by atoms with van der Waals surface area (Å²) in [6.45, 7) is 0. The third-order valence-corrected chi connectivity index (χ3v) is 3.49. The fraction of sp³-hybridized carbons (Fsp3) is 0. The van der Waals surface area contributed by atoms with Gasteiger partial charge in [0.05, 0.1) is 21.4 Å². The van der Waals surface area contributed by atoms with E-state index in [1.165, 1.54) is 30.3 Å². The zero-order chi connectivity index (χ0) is 16.3. The number of anilines is 3. The number of hydrogen-bond donors (Lipinski definition) is 3. The number of carbonyl (C=O) groups excluding carboxylic acids is 2. The van der Waals surface area contributed by atoms with Gasteiger partial charge in [0.2, 0.25) is 0 Å². The lowest BCUT2D eigenvalue weighted by atomic mass is 10.2.